The van der Waals surface area contributed by atoms with Gasteiger partial charge in [0.2, 0.25) is 11.7 Å². The second-order valence-corrected chi connectivity index (χ2v) is 8.83. The summed E-state index contributed by atoms with van der Waals surface area (Å²) < 4.78 is 69.7. The van der Waals surface area contributed by atoms with Crippen LogP contribution in [0.1, 0.15) is 33.1 Å². The van der Waals surface area contributed by atoms with Crippen LogP contribution in [0.15, 0.2) is 30.6 Å². The zero-order valence-corrected chi connectivity index (χ0v) is 18.8. The van der Waals surface area contributed by atoms with E-state index in [1.807, 2.05) is 0 Å². The van der Waals surface area contributed by atoms with Crippen LogP contribution >= 0.6 is 0 Å². The average Bonchev–Trinajstić information content (AvgIpc) is 3.68. The third-order valence-electron chi connectivity index (χ3n) is 6.19. The molecule has 1 aliphatic heterocycles. The van der Waals surface area contributed by atoms with Crippen LogP contribution in [-0.4, -0.2) is 64.2 Å². The minimum absolute atomic E-state index is 0.00552. The standard InChI is InChI=1S/C23H28F4N6O2/c24-20-21(29-9-15-7-8-32(11-18(15)34)12-19(28)35)30-13-31-22(20)33(17-5-6-17)10-14-1-3-16(4-2-14)23(25,26)27/h1-4,13,15,17-18,34H,5-12H2,(H2,28,35)(H,29,30,31)/t15-,18+/m1/s1/i12D2. The average molecular weight is 499 g/mol. The van der Waals surface area contributed by atoms with Gasteiger partial charge < -0.3 is 21.1 Å². The fourth-order valence-electron chi connectivity index (χ4n) is 4.15. The van der Waals surface area contributed by atoms with Gasteiger partial charge in [-0.05, 0) is 43.5 Å². The number of primary amides is 1. The lowest BCUT2D eigenvalue weighted by molar-refractivity contribution is -0.137. The number of alkyl halides is 3. The summed E-state index contributed by atoms with van der Waals surface area (Å²) in [5.41, 5.74) is 4.94. The molecule has 1 aromatic carbocycles. The molecule has 12 heteroatoms. The van der Waals surface area contributed by atoms with Crippen molar-refractivity contribution in [2.75, 3.05) is 36.3 Å². The molecule has 0 bridgehead atoms. The van der Waals surface area contributed by atoms with E-state index in [9.17, 15) is 23.1 Å². The molecule has 0 radical (unpaired) electrons. The second kappa shape index (κ2) is 10.3. The molecule has 0 unspecified atom stereocenters. The first-order chi connectivity index (χ1) is 17.4. The van der Waals surface area contributed by atoms with Gasteiger partial charge in [-0.15, -0.1) is 0 Å². The number of hydrogen-bond acceptors (Lipinski definition) is 7. The van der Waals surface area contributed by atoms with Crippen LogP contribution in [0.25, 0.3) is 0 Å². The Bertz CT molecular complexity index is 1120. The predicted molar refractivity (Wildman–Crippen MR) is 121 cm³/mol. The van der Waals surface area contributed by atoms with Gasteiger partial charge in [-0.3, -0.25) is 9.69 Å². The van der Waals surface area contributed by atoms with E-state index in [0.717, 1.165) is 25.0 Å². The SMILES string of the molecule is [2H]C([2H])(C(N)=O)N1CC[C@H](CNc2ncnc(N(Cc3ccc(C(F)(F)F)cc3)C3CC3)c2F)[C@@H](O)C1. The highest BCUT2D eigenvalue weighted by atomic mass is 19.4. The minimum Gasteiger partial charge on any atom is -0.391 e. The quantitative estimate of drug-likeness (QED) is 0.456. The molecule has 2 heterocycles. The van der Waals surface area contributed by atoms with Crippen molar-refractivity contribution in [2.24, 2.45) is 11.7 Å². The number of aromatic nitrogens is 2. The number of piperidine rings is 1. The summed E-state index contributed by atoms with van der Waals surface area (Å²) in [4.78, 5) is 22.3. The van der Waals surface area contributed by atoms with E-state index in [-0.39, 0.29) is 49.8 Å². The predicted octanol–water partition coefficient (Wildman–Crippen LogP) is 2.38. The van der Waals surface area contributed by atoms with Gasteiger partial charge in [0, 0.05) is 31.6 Å². The summed E-state index contributed by atoms with van der Waals surface area (Å²) >= 11 is 0. The Labute approximate surface area is 202 Å². The van der Waals surface area contributed by atoms with E-state index in [4.69, 9.17) is 8.48 Å². The minimum atomic E-state index is -4.44. The van der Waals surface area contributed by atoms with E-state index in [0.29, 0.717) is 12.0 Å². The molecule has 1 saturated heterocycles. The lowest BCUT2D eigenvalue weighted by atomic mass is 9.93. The third kappa shape index (κ3) is 6.37. The highest BCUT2D eigenvalue weighted by molar-refractivity contribution is 5.75. The summed E-state index contributed by atoms with van der Waals surface area (Å²) in [5.74, 6) is -2.25. The first kappa shape index (κ1) is 22.5. The van der Waals surface area contributed by atoms with E-state index >= 15 is 4.39 Å². The summed E-state index contributed by atoms with van der Waals surface area (Å²) in [6.45, 7) is -1.99. The van der Waals surface area contributed by atoms with Crippen LogP contribution < -0.4 is 16.0 Å². The molecule has 2 aromatic rings. The molecule has 2 fully saturated rings. The molecule has 2 aliphatic rings. The molecule has 1 saturated carbocycles. The monoisotopic (exact) mass is 498 g/mol. The maximum Gasteiger partial charge on any atom is 0.416 e. The van der Waals surface area contributed by atoms with Gasteiger partial charge in [0.1, 0.15) is 6.33 Å². The number of nitrogens with two attached hydrogens (primary N) is 1. The largest absolute Gasteiger partial charge is 0.416 e. The molecule has 4 rings (SSSR count). The Hall–Kier alpha value is -2.99. The zero-order chi connectivity index (χ0) is 27.0. The summed E-state index contributed by atoms with van der Waals surface area (Å²) in [6.07, 6.45) is -2.28. The molecular weight excluding hydrogens is 468 g/mol. The number of amides is 1. The van der Waals surface area contributed by atoms with Crippen molar-refractivity contribution < 1.29 is 30.2 Å². The van der Waals surface area contributed by atoms with E-state index in [2.05, 4.69) is 15.3 Å². The number of hydrogen-bond donors (Lipinski definition) is 3. The van der Waals surface area contributed by atoms with Crippen LogP contribution in [0.5, 0.6) is 0 Å². The van der Waals surface area contributed by atoms with Gasteiger partial charge in [-0.1, -0.05) is 12.1 Å². The number of benzene rings is 1. The van der Waals surface area contributed by atoms with Crippen LogP contribution in [-0.2, 0) is 17.5 Å². The van der Waals surface area contributed by atoms with E-state index in [1.54, 1.807) is 4.90 Å². The topological polar surface area (TPSA) is 108 Å². The van der Waals surface area contributed by atoms with Gasteiger partial charge in [0.05, 0.1) is 20.9 Å². The van der Waals surface area contributed by atoms with Crippen LogP contribution in [0.3, 0.4) is 0 Å². The smallest absolute Gasteiger partial charge is 0.391 e. The van der Waals surface area contributed by atoms with Crippen molar-refractivity contribution >= 4 is 17.5 Å². The first-order valence-corrected chi connectivity index (χ1v) is 11.3. The number of aliphatic hydroxyl groups is 1. The Morgan fingerprint density at radius 2 is 1.97 bits per heavy atom. The highest BCUT2D eigenvalue weighted by Gasteiger charge is 2.34. The number of carbonyl (C=O) groups is 1. The normalized spacial score (nSPS) is 22.3. The fourth-order valence-corrected chi connectivity index (χ4v) is 4.15. The number of nitrogens with zero attached hydrogens (tertiary/aromatic N) is 4. The molecule has 35 heavy (non-hydrogen) atoms. The Kier molecular flexibility index (Phi) is 6.63. The van der Waals surface area contributed by atoms with Crippen molar-refractivity contribution in [3.8, 4) is 0 Å². The molecule has 1 aromatic heterocycles. The van der Waals surface area contributed by atoms with Gasteiger partial charge in [-0.25, -0.2) is 9.97 Å². The number of halogens is 4. The molecule has 8 nitrogen and oxygen atoms in total. The number of rotatable bonds is 9. The Morgan fingerprint density at radius 3 is 2.57 bits per heavy atom. The summed E-state index contributed by atoms with van der Waals surface area (Å²) in [5, 5.41) is 13.4. The van der Waals surface area contributed by atoms with Crippen LogP contribution in [0.4, 0.5) is 29.2 Å². The molecule has 0 spiro atoms. The number of nitrogens with one attached hydrogen (secondary N) is 1. The van der Waals surface area contributed by atoms with Crippen molar-refractivity contribution in [2.45, 2.75) is 44.1 Å². The van der Waals surface area contributed by atoms with Crippen LogP contribution in [0.2, 0.25) is 0 Å². The molecular formula is C23H28F4N6O2. The fraction of sp³-hybridized carbons (Fsp3) is 0.522. The van der Waals surface area contributed by atoms with Gasteiger partial charge in [0.25, 0.3) is 0 Å². The highest BCUT2D eigenvalue weighted by Crippen LogP contribution is 2.35. The number of likely N-dealkylation sites (tertiary alicyclic amines) is 1. The maximum atomic E-state index is 15.4. The van der Waals surface area contributed by atoms with E-state index < -0.39 is 36.1 Å². The van der Waals surface area contributed by atoms with Crippen molar-refractivity contribution in [1.82, 2.24) is 14.9 Å². The van der Waals surface area contributed by atoms with Crippen molar-refractivity contribution in [3.05, 3.63) is 47.5 Å². The maximum absolute atomic E-state index is 15.4. The Balaban J connectivity index is 1.43. The first-order valence-electron chi connectivity index (χ1n) is 12.3. The summed E-state index contributed by atoms with van der Waals surface area (Å²) in [6, 6.07) is 4.73. The molecule has 1 aliphatic carbocycles. The number of anilines is 2. The zero-order valence-electron chi connectivity index (χ0n) is 20.8. The molecule has 1 amide bonds. The van der Waals surface area contributed by atoms with Gasteiger partial charge in [-0.2, -0.15) is 17.6 Å². The molecule has 190 valence electrons. The lowest BCUT2D eigenvalue weighted by Gasteiger charge is -2.35. The van der Waals surface area contributed by atoms with E-state index in [1.165, 1.54) is 23.4 Å². The van der Waals surface area contributed by atoms with Crippen LogP contribution in [0, 0.1) is 11.7 Å². The van der Waals surface area contributed by atoms with Gasteiger partial charge >= 0.3 is 6.18 Å². The lowest BCUT2D eigenvalue weighted by Crippen LogP contribution is -2.48. The number of aliphatic hydroxyl groups excluding tert-OH is 1. The van der Waals surface area contributed by atoms with Gasteiger partial charge in [0.15, 0.2) is 11.6 Å². The van der Waals surface area contributed by atoms with Crippen molar-refractivity contribution in [1.29, 1.82) is 0 Å². The number of β-amino-alcohol motifs (C(OH)–C–C–N with tert-alkyl or cyclic N) is 1. The molecule has 2 atom stereocenters. The Morgan fingerprint density at radius 1 is 1.26 bits per heavy atom. The number of carbonyl (C=O) groups excluding carboxylic acids is 1. The second-order valence-electron chi connectivity index (χ2n) is 8.83. The van der Waals surface area contributed by atoms with Crippen molar-refractivity contribution in [3.63, 3.8) is 0 Å². The summed E-state index contributed by atoms with van der Waals surface area (Å²) in [7, 11) is 0. The molecule has 4 N–H and O–H groups in total. The third-order valence-corrected chi connectivity index (χ3v) is 6.19.